The van der Waals surface area contributed by atoms with Crippen molar-refractivity contribution in [3.63, 3.8) is 0 Å². The van der Waals surface area contributed by atoms with Crippen LogP contribution in [0.1, 0.15) is 23.2 Å². The van der Waals surface area contributed by atoms with Gasteiger partial charge in [0.1, 0.15) is 0 Å². The van der Waals surface area contributed by atoms with Crippen molar-refractivity contribution in [1.29, 1.82) is 0 Å². The maximum atomic E-state index is 12.4. The second kappa shape index (κ2) is 5.90. The third-order valence-corrected chi connectivity index (χ3v) is 5.39. The third-order valence-electron chi connectivity index (χ3n) is 3.47. The molecule has 1 aromatic rings. The van der Waals surface area contributed by atoms with E-state index >= 15 is 0 Å². The first-order valence-corrected chi connectivity index (χ1v) is 7.75. The van der Waals surface area contributed by atoms with Crippen molar-refractivity contribution in [2.24, 2.45) is 0 Å². The lowest BCUT2D eigenvalue weighted by molar-refractivity contribution is 0.0604. The molecule has 1 aromatic carbocycles. The number of carboxylic acid groups (broad SMARTS) is 1. The normalized spacial score (nSPS) is 18.1. The Balaban J connectivity index is 2.16. The highest BCUT2D eigenvalue weighted by atomic mass is 32.2. The lowest BCUT2D eigenvalue weighted by atomic mass is 10.1. The second-order valence-electron chi connectivity index (χ2n) is 4.67. The quantitative estimate of drug-likeness (QED) is 0.902. The average molecular weight is 299 g/mol. The fourth-order valence-corrected chi connectivity index (χ4v) is 3.70. The zero-order valence-electron chi connectivity index (χ0n) is 11.2. The minimum atomic E-state index is -3.55. The predicted octanol–water partition coefficient (Wildman–Crippen LogP) is 1.18. The summed E-state index contributed by atoms with van der Waals surface area (Å²) in [7, 11) is -1.93. The summed E-state index contributed by atoms with van der Waals surface area (Å²) < 4.78 is 31.4. The van der Waals surface area contributed by atoms with Crippen LogP contribution in [0.15, 0.2) is 29.2 Å². The SMILES string of the molecule is COC1CCN(S(=O)(=O)c2ccc(C(=O)O)cc2)CC1. The smallest absolute Gasteiger partial charge is 0.335 e. The summed E-state index contributed by atoms with van der Waals surface area (Å²) in [6.45, 7) is 0.836. The third kappa shape index (κ3) is 3.00. The molecule has 0 spiro atoms. The number of carboxylic acids is 1. The van der Waals surface area contributed by atoms with E-state index in [0.29, 0.717) is 25.9 Å². The lowest BCUT2D eigenvalue weighted by Gasteiger charge is -2.30. The van der Waals surface area contributed by atoms with Gasteiger partial charge in [0.05, 0.1) is 16.6 Å². The Morgan fingerprint density at radius 1 is 1.25 bits per heavy atom. The molecule has 110 valence electrons. The highest BCUT2D eigenvalue weighted by Gasteiger charge is 2.29. The molecule has 1 aliphatic rings. The number of hydrogen-bond donors (Lipinski definition) is 1. The van der Waals surface area contributed by atoms with Crippen LogP contribution in [0.4, 0.5) is 0 Å². The van der Waals surface area contributed by atoms with Gasteiger partial charge in [-0.05, 0) is 37.1 Å². The summed E-state index contributed by atoms with van der Waals surface area (Å²) in [5, 5.41) is 8.81. The molecule has 0 atom stereocenters. The molecule has 6 nitrogen and oxygen atoms in total. The van der Waals surface area contributed by atoms with Crippen LogP contribution in [-0.2, 0) is 14.8 Å². The van der Waals surface area contributed by atoms with E-state index in [4.69, 9.17) is 9.84 Å². The summed E-state index contributed by atoms with van der Waals surface area (Å²) in [5.41, 5.74) is 0.0713. The van der Waals surface area contributed by atoms with Crippen LogP contribution in [0.2, 0.25) is 0 Å². The molecule has 0 aromatic heterocycles. The molecule has 2 rings (SSSR count). The Bertz CT molecular complexity index is 573. The number of ether oxygens (including phenoxy) is 1. The van der Waals surface area contributed by atoms with E-state index in [1.807, 2.05) is 0 Å². The Morgan fingerprint density at radius 2 is 1.80 bits per heavy atom. The zero-order valence-corrected chi connectivity index (χ0v) is 12.0. The molecule has 1 heterocycles. The Hall–Kier alpha value is -1.44. The van der Waals surface area contributed by atoms with Gasteiger partial charge in [-0.3, -0.25) is 0 Å². The molecular weight excluding hydrogens is 282 g/mol. The van der Waals surface area contributed by atoms with Gasteiger partial charge in [-0.25, -0.2) is 13.2 Å². The van der Waals surface area contributed by atoms with Gasteiger partial charge in [0, 0.05) is 20.2 Å². The first-order chi connectivity index (χ1) is 9.45. The van der Waals surface area contributed by atoms with Crippen molar-refractivity contribution in [3.8, 4) is 0 Å². The maximum absolute atomic E-state index is 12.4. The Kier molecular flexibility index (Phi) is 4.42. The number of carbonyl (C=O) groups is 1. The number of methoxy groups -OCH3 is 1. The van der Waals surface area contributed by atoms with Crippen LogP contribution >= 0.6 is 0 Å². The first kappa shape index (κ1) is 15.0. The number of nitrogens with zero attached hydrogens (tertiary/aromatic N) is 1. The van der Waals surface area contributed by atoms with Crippen LogP contribution in [-0.4, -0.2) is 50.1 Å². The molecule has 0 radical (unpaired) electrons. The Labute approximate surface area is 118 Å². The average Bonchev–Trinajstić information content (AvgIpc) is 2.47. The fraction of sp³-hybridized carbons (Fsp3) is 0.462. The molecule has 20 heavy (non-hydrogen) atoms. The van der Waals surface area contributed by atoms with Gasteiger partial charge >= 0.3 is 5.97 Å². The van der Waals surface area contributed by atoms with Gasteiger partial charge in [0.2, 0.25) is 10.0 Å². The van der Waals surface area contributed by atoms with E-state index in [0.717, 1.165) is 0 Å². The zero-order chi connectivity index (χ0) is 14.8. The van der Waals surface area contributed by atoms with Crippen LogP contribution < -0.4 is 0 Å². The molecule has 0 saturated carbocycles. The van der Waals surface area contributed by atoms with Crippen molar-refractivity contribution >= 4 is 16.0 Å². The van der Waals surface area contributed by atoms with Crippen molar-refractivity contribution in [1.82, 2.24) is 4.31 Å². The second-order valence-corrected chi connectivity index (χ2v) is 6.61. The van der Waals surface area contributed by atoms with Crippen molar-refractivity contribution in [2.75, 3.05) is 20.2 Å². The van der Waals surface area contributed by atoms with Crippen LogP contribution in [0.5, 0.6) is 0 Å². The largest absolute Gasteiger partial charge is 0.478 e. The summed E-state index contributed by atoms with van der Waals surface area (Å²) >= 11 is 0. The first-order valence-electron chi connectivity index (χ1n) is 6.31. The monoisotopic (exact) mass is 299 g/mol. The summed E-state index contributed by atoms with van der Waals surface area (Å²) in [4.78, 5) is 10.9. The van der Waals surface area contributed by atoms with Crippen molar-refractivity contribution in [2.45, 2.75) is 23.8 Å². The number of sulfonamides is 1. The molecule has 0 amide bonds. The van der Waals surface area contributed by atoms with E-state index in [2.05, 4.69) is 0 Å². The highest BCUT2D eigenvalue weighted by molar-refractivity contribution is 7.89. The maximum Gasteiger partial charge on any atom is 0.335 e. The molecule has 1 fully saturated rings. The van der Waals surface area contributed by atoms with E-state index in [9.17, 15) is 13.2 Å². The number of aromatic carboxylic acids is 1. The summed E-state index contributed by atoms with van der Waals surface area (Å²) in [5.74, 6) is -1.07. The topological polar surface area (TPSA) is 83.9 Å². The molecule has 1 saturated heterocycles. The van der Waals surface area contributed by atoms with Crippen LogP contribution in [0.3, 0.4) is 0 Å². The molecule has 1 aliphatic heterocycles. The van der Waals surface area contributed by atoms with Gasteiger partial charge in [-0.15, -0.1) is 0 Å². The van der Waals surface area contributed by atoms with E-state index in [1.165, 1.54) is 28.6 Å². The lowest BCUT2D eigenvalue weighted by Crippen LogP contribution is -2.40. The molecule has 0 bridgehead atoms. The minimum Gasteiger partial charge on any atom is -0.478 e. The summed E-state index contributed by atoms with van der Waals surface area (Å²) in [6.07, 6.45) is 1.45. The van der Waals surface area contributed by atoms with E-state index in [1.54, 1.807) is 7.11 Å². The van der Waals surface area contributed by atoms with Crippen molar-refractivity contribution < 1.29 is 23.1 Å². The van der Waals surface area contributed by atoms with E-state index in [-0.39, 0.29) is 16.6 Å². The van der Waals surface area contributed by atoms with Crippen molar-refractivity contribution in [3.05, 3.63) is 29.8 Å². The minimum absolute atomic E-state index is 0.0713. The molecule has 0 aliphatic carbocycles. The van der Waals surface area contributed by atoms with Gasteiger partial charge in [-0.2, -0.15) is 4.31 Å². The van der Waals surface area contributed by atoms with Crippen LogP contribution in [0.25, 0.3) is 0 Å². The number of rotatable bonds is 4. The molecule has 0 unspecified atom stereocenters. The van der Waals surface area contributed by atoms with Gasteiger partial charge in [0.15, 0.2) is 0 Å². The van der Waals surface area contributed by atoms with Gasteiger partial charge in [-0.1, -0.05) is 0 Å². The standard InChI is InChI=1S/C13H17NO5S/c1-19-11-6-8-14(9-7-11)20(17,18)12-4-2-10(3-5-12)13(15)16/h2-5,11H,6-9H2,1H3,(H,15,16). The number of benzene rings is 1. The Morgan fingerprint density at radius 3 is 2.25 bits per heavy atom. The van der Waals surface area contributed by atoms with Gasteiger partial charge in [0.25, 0.3) is 0 Å². The number of hydrogen-bond acceptors (Lipinski definition) is 4. The van der Waals surface area contributed by atoms with Gasteiger partial charge < -0.3 is 9.84 Å². The molecule has 1 N–H and O–H groups in total. The van der Waals surface area contributed by atoms with E-state index < -0.39 is 16.0 Å². The predicted molar refractivity (Wildman–Crippen MR) is 72.2 cm³/mol. The fourth-order valence-electron chi connectivity index (χ4n) is 2.23. The molecular formula is C13H17NO5S. The highest BCUT2D eigenvalue weighted by Crippen LogP contribution is 2.22. The van der Waals surface area contributed by atoms with Crippen LogP contribution in [0, 0.1) is 0 Å². The number of piperidine rings is 1. The molecule has 7 heteroatoms. The summed E-state index contributed by atoms with van der Waals surface area (Å²) in [6, 6.07) is 5.27.